The third-order valence-corrected chi connectivity index (χ3v) is 3.65. The topological polar surface area (TPSA) is 58.3 Å². The monoisotopic (exact) mass is 268 g/mol. The highest BCUT2D eigenvalue weighted by atomic mass is 16.3. The van der Waals surface area contributed by atoms with E-state index in [1.165, 1.54) is 0 Å². The molecule has 0 saturated heterocycles. The molecule has 2 unspecified atom stereocenters. The summed E-state index contributed by atoms with van der Waals surface area (Å²) >= 11 is 0. The van der Waals surface area contributed by atoms with Crippen molar-refractivity contribution in [2.45, 2.75) is 72.1 Å². The van der Waals surface area contributed by atoms with Crippen LogP contribution in [-0.4, -0.2) is 32.2 Å². The van der Waals surface area contributed by atoms with Crippen LogP contribution in [0.25, 0.3) is 0 Å². The standard InChI is InChI=1S/C15H28N2O2/c1-6-12(7-2)17-9-8-11(16-17)10-13(18)14(19)15(3,4)5/h8-9,12-14,18-19H,6-7,10H2,1-5H3. The molecule has 1 aromatic heterocycles. The van der Waals surface area contributed by atoms with Crippen molar-refractivity contribution in [3.05, 3.63) is 18.0 Å². The van der Waals surface area contributed by atoms with E-state index in [1.807, 2.05) is 37.7 Å². The summed E-state index contributed by atoms with van der Waals surface area (Å²) in [4.78, 5) is 0. The van der Waals surface area contributed by atoms with Gasteiger partial charge in [-0.15, -0.1) is 0 Å². The van der Waals surface area contributed by atoms with Gasteiger partial charge < -0.3 is 10.2 Å². The van der Waals surface area contributed by atoms with Gasteiger partial charge in [0.25, 0.3) is 0 Å². The summed E-state index contributed by atoms with van der Waals surface area (Å²) in [7, 11) is 0. The number of aliphatic hydroxyl groups excluding tert-OH is 2. The minimum Gasteiger partial charge on any atom is -0.390 e. The molecule has 19 heavy (non-hydrogen) atoms. The van der Waals surface area contributed by atoms with Gasteiger partial charge in [0.05, 0.1) is 23.9 Å². The Morgan fingerprint density at radius 1 is 1.21 bits per heavy atom. The Morgan fingerprint density at radius 2 is 1.79 bits per heavy atom. The molecule has 4 heteroatoms. The van der Waals surface area contributed by atoms with Gasteiger partial charge in [-0.2, -0.15) is 5.10 Å². The van der Waals surface area contributed by atoms with Crippen molar-refractivity contribution >= 4 is 0 Å². The molecule has 4 nitrogen and oxygen atoms in total. The zero-order chi connectivity index (χ0) is 14.6. The predicted molar refractivity (Wildman–Crippen MR) is 77.0 cm³/mol. The van der Waals surface area contributed by atoms with Crippen LogP contribution in [0.5, 0.6) is 0 Å². The van der Waals surface area contributed by atoms with Crippen LogP contribution in [0.3, 0.4) is 0 Å². The maximum atomic E-state index is 10.1. The quantitative estimate of drug-likeness (QED) is 0.833. The van der Waals surface area contributed by atoms with Crippen molar-refractivity contribution in [3.63, 3.8) is 0 Å². The SMILES string of the molecule is CCC(CC)n1ccc(CC(O)C(O)C(C)(C)C)n1. The molecule has 0 aliphatic carbocycles. The van der Waals surface area contributed by atoms with E-state index in [0.717, 1.165) is 18.5 Å². The van der Waals surface area contributed by atoms with Crippen molar-refractivity contribution in [1.29, 1.82) is 0 Å². The molecule has 0 bridgehead atoms. The average molecular weight is 268 g/mol. The molecule has 0 aromatic carbocycles. The highest BCUT2D eigenvalue weighted by Gasteiger charge is 2.29. The molecule has 0 spiro atoms. The summed E-state index contributed by atoms with van der Waals surface area (Å²) in [6, 6.07) is 2.34. The number of nitrogens with zero attached hydrogens (tertiary/aromatic N) is 2. The Bertz CT molecular complexity index is 378. The third-order valence-electron chi connectivity index (χ3n) is 3.65. The Morgan fingerprint density at radius 3 is 2.26 bits per heavy atom. The molecule has 1 rings (SSSR count). The van der Waals surface area contributed by atoms with Crippen LogP contribution in [0, 0.1) is 5.41 Å². The highest BCUT2D eigenvalue weighted by molar-refractivity contribution is 5.03. The Kier molecular flexibility index (Phi) is 5.56. The smallest absolute Gasteiger partial charge is 0.0860 e. The second-order valence-electron chi connectivity index (χ2n) is 6.34. The molecule has 0 radical (unpaired) electrons. The van der Waals surface area contributed by atoms with Gasteiger partial charge in [0.1, 0.15) is 0 Å². The molecule has 0 aliphatic heterocycles. The van der Waals surface area contributed by atoms with Crippen molar-refractivity contribution in [1.82, 2.24) is 9.78 Å². The maximum absolute atomic E-state index is 10.1. The van der Waals surface area contributed by atoms with Crippen LogP contribution < -0.4 is 0 Å². The van der Waals surface area contributed by atoms with E-state index in [0.29, 0.717) is 12.5 Å². The van der Waals surface area contributed by atoms with E-state index in [2.05, 4.69) is 18.9 Å². The lowest BCUT2D eigenvalue weighted by Crippen LogP contribution is -2.39. The molecule has 0 aliphatic rings. The molecule has 2 N–H and O–H groups in total. The van der Waals surface area contributed by atoms with E-state index in [4.69, 9.17) is 0 Å². The first-order valence-corrected chi connectivity index (χ1v) is 7.19. The fourth-order valence-corrected chi connectivity index (χ4v) is 2.26. The second kappa shape index (κ2) is 6.53. The molecular formula is C15H28N2O2. The highest BCUT2D eigenvalue weighted by Crippen LogP contribution is 2.23. The van der Waals surface area contributed by atoms with Crippen LogP contribution >= 0.6 is 0 Å². The van der Waals surface area contributed by atoms with Crippen LogP contribution in [0.4, 0.5) is 0 Å². The average Bonchev–Trinajstić information content (AvgIpc) is 2.77. The summed E-state index contributed by atoms with van der Waals surface area (Å²) in [6.07, 6.45) is 2.93. The van der Waals surface area contributed by atoms with E-state index in [1.54, 1.807) is 0 Å². The fraction of sp³-hybridized carbons (Fsp3) is 0.800. The minimum atomic E-state index is -0.773. The first kappa shape index (κ1) is 16.2. The van der Waals surface area contributed by atoms with Crippen molar-refractivity contribution in [3.8, 4) is 0 Å². The number of aromatic nitrogens is 2. The van der Waals surface area contributed by atoms with Gasteiger partial charge in [-0.05, 0) is 24.3 Å². The number of hydrogen-bond acceptors (Lipinski definition) is 3. The fourth-order valence-electron chi connectivity index (χ4n) is 2.26. The number of rotatable bonds is 6. The van der Waals surface area contributed by atoms with Crippen LogP contribution in [0.1, 0.15) is 59.2 Å². The molecule has 1 heterocycles. The van der Waals surface area contributed by atoms with E-state index < -0.39 is 12.2 Å². The van der Waals surface area contributed by atoms with Gasteiger partial charge in [-0.25, -0.2) is 0 Å². The summed E-state index contributed by atoms with van der Waals surface area (Å²) < 4.78 is 1.96. The molecular weight excluding hydrogens is 240 g/mol. The largest absolute Gasteiger partial charge is 0.390 e. The van der Waals surface area contributed by atoms with Gasteiger partial charge in [0, 0.05) is 12.6 Å². The zero-order valence-corrected chi connectivity index (χ0v) is 12.8. The third kappa shape index (κ3) is 4.32. The summed E-state index contributed by atoms with van der Waals surface area (Å²) in [5.41, 5.74) is 0.514. The lowest BCUT2D eigenvalue weighted by molar-refractivity contribution is -0.0438. The molecule has 0 amide bonds. The Labute approximate surface area is 116 Å². The first-order chi connectivity index (χ1) is 8.79. The number of hydrogen-bond donors (Lipinski definition) is 2. The van der Waals surface area contributed by atoms with Crippen LogP contribution in [0.15, 0.2) is 12.3 Å². The predicted octanol–water partition coefficient (Wildman–Crippen LogP) is 2.55. The van der Waals surface area contributed by atoms with Crippen LogP contribution in [0.2, 0.25) is 0 Å². The lowest BCUT2D eigenvalue weighted by atomic mass is 9.84. The summed E-state index contributed by atoms with van der Waals surface area (Å²) in [5, 5.41) is 24.6. The van der Waals surface area contributed by atoms with Gasteiger partial charge in [0.2, 0.25) is 0 Å². The second-order valence-corrected chi connectivity index (χ2v) is 6.34. The van der Waals surface area contributed by atoms with Gasteiger partial charge >= 0.3 is 0 Å². The van der Waals surface area contributed by atoms with Gasteiger partial charge in [-0.1, -0.05) is 34.6 Å². The van der Waals surface area contributed by atoms with E-state index in [-0.39, 0.29) is 5.41 Å². The van der Waals surface area contributed by atoms with Crippen molar-refractivity contribution < 1.29 is 10.2 Å². The Balaban J connectivity index is 2.68. The number of aliphatic hydroxyl groups is 2. The lowest BCUT2D eigenvalue weighted by Gasteiger charge is -2.29. The van der Waals surface area contributed by atoms with Crippen LogP contribution in [-0.2, 0) is 6.42 Å². The maximum Gasteiger partial charge on any atom is 0.0860 e. The molecule has 1 aromatic rings. The normalized spacial score (nSPS) is 15.8. The van der Waals surface area contributed by atoms with Gasteiger partial charge in [-0.3, -0.25) is 4.68 Å². The van der Waals surface area contributed by atoms with Crippen molar-refractivity contribution in [2.75, 3.05) is 0 Å². The zero-order valence-electron chi connectivity index (χ0n) is 12.8. The molecule has 0 fully saturated rings. The van der Waals surface area contributed by atoms with Crippen molar-refractivity contribution in [2.24, 2.45) is 5.41 Å². The summed E-state index contributed by atoms with van der Waals surface area (Å²) in [6.45, 7) is 10.1. The summed E-state index contributed by atoms with van der Waals surface area (Å²) in [5.74, 6) is 0. The first-order valence-electron chi connectivity index (χ1n) is 7.19. The molecule has 110 valence electrons. The minimum absolute atomic E-state index is 0.322. The molecule has 2 atom stereocenters. The van der Waals surface area contributed by atoms with Gasteiger partial charge in [0.15, 0.2) is 0 Å². The van der Waals surface area contributed by atoms with E-state index in [9.17, 15) is 10.2 Å². The van der Waals surface area contributed by atoms with E-state index >= 15 is 0 Å². The molecule has 0 saturated carbocycles. The Hall–Kier alpha value is -0.870.